The van der Waals surface area contributed by atoms with Crippen LogP contribution in [0.5, 0.6) is 11.5 Å². The number of carbonyl (C=O) groups excluding carboxylic acids is 1. The van der Waals surface area contributed by atoms with Crippen molar-refractivity contribution in [1.82, 2.24) is 34.8 Å². The molecule has 6 rings (SSSR count). The normalized spacial score (nSPS) is 13.8. The molecular formula is C29H29N9O2. The third-order valence-corrected chi connectivity index (χ3v) is 7.02. The number of anilines is 3. The van der Waals surface area contributed by atoms with Crippen LogP contribution in [0.25, 0.3) is 22.1 Å². The van der Waals surface area contributed by atoms with Crippen molar-refractivity contribution >= 4 is 45.3 Å². The number of nitrogens with zero attached hydrogens (tertiary/aromatic N) is 8. The first kappa shape index (κ1) is 25.2. The van der Waals surface area contributed by atoms with Gasteiger partial charge in [0.1, 0.15) is 34.7 Å². The Balaban J connectivity index is 1.21. The maximum Gasteiger partial charge on any atom is 0.246 e. The molecule has 1 fully saturated rings. The van der Waals surface area contributed by atoms with Gasteiger partial charge in [-0.1, -0.05) is 11.8 Å². The summed E-state index contributed by atoms with van der Waals surface area (Å²) < 4.78 is 7.88. The van der Waals surface area contributed by atoms with Gasteiger partial charge in [0.25, 0.3) is 0 Å². The zero-order valence-electron chi connectivity index (χ0n) is 22.4. The van der Waals surface area contributed by atoms with Gasteiger partial charge in [0, 0.05) is 45.0 Å². The number of aromatic nitrogens is 6. The second-order valence-electron chi connectivity index (χ2n) is 9.70. The minimum absolute atomic E-state index is 0.0357. The van der Waals surface area contributed by atoms with Gasteiger partial charge in [0.15, 0.2) is 5.82 Å². The zero-order valence-corrected chi connectivity index (χ0v) is 22.4. The largest absolute Gasteiger partial charge is 0.457 e. The van der Waals surface area contributed by atoms with Gasteiger partial charge < -0.3 is 19.9 Å². The summed E-state index contributed by atoms with van der Waals surface area (Å²) in [4.78, 5) is 29.9. The minimum atomic E-state index is -0.0357. The second kappa shape index (κ2) is 10.6. The Labute approximate surface area is 231 Å². The summed E-state index contributed by atoms with van der Waals surface area (Å²) in [6.07, 6.45) is 3.76. The molecule has 40 heavy (non-hydrogen) atoms. The molecule has 3 aromatic heterocycles. The van der Waals surface area contributed by atoms with Crippen molar-refractivity contribution in [3.05, 3.63) is 73.1 Å². The van der Waals surface area contributed by atoms with Crippen molar-refractivity contribution in [2.75, 3.05) is 36.4 Å². The van der Waals surface area contributed by atoms with E-state index in [1.54, 1.807) is 4.68 Å². The van der Waals surface area contributed by atoms with Crippen LogP contribution in [0.2, 0.25) is 0 Å². The topological polar surface area (TPSA) is 114 Å². The smallest absolute Gasteiger partial charge is 0.246 e. The van der Waals surface area contributed by atoms with E-state index in [1.807, 2.05) is 67.4 Å². The van der Waals surface area contributed by atoms with Gasteiger partial charge in [-0.25, -0.2) is 19.6 Å². The highest BCUT2D eigenvalue weighted by Gasteiger charge is 2.19. The molecule has 1 aliphatic heterocycles. The third-order valence-electron chi connectivity index (χ3n) is 7.02. The van der Waals surface area contributed by atoms with Crippen molar-refractivity contribution in [1.29, 1.82) is 0 Å². The summed E-state index contributed by atoms with van der Waals surface area (Å²) in [6, 6.07) is 15.5. The lowest BCUT2D eigenvalue weighted by atomic mass is 10.2. The molecule has 11 heteroatoms. The molecule has 202 valence electrons. The molecule has 0 bridgehead atoms. The number of hydrogen-bond donors (Lipinski definition) is 1. The lowest BCUT2D eigenvalue weighted by Crippen LogP contribution is -2.34. The molecule has 4 heterocycles. The molecule has 0 radical (unpaired) electrons. The molecule has 1 saturated heterocycles. The Morgan fingerprint density at radius 1 is 1.02 bits per heavy atom. The zero-order chi connectivity index (χ0) is 27.6. The number of carbonyl (C=O) groups is 1. The first-order valence-electron chi connectivity index (χ1n) is 13.1. The number of ether oxygens (including phenoxy) is 1. The fourth-order valence-electron chi connectivity index (χ4n) is 4.88. The summed E-state index contributed by atoms with van der Waals surface area (Å²) in [5.41, 5.74) is 4.96. The van der Waals surface area contributed by atoms with E-state index in [-0.39, 0.29) is 5.91 Å². The SMILES string of the molecule is C=CC(=O)N1CCCN(c2ccc3ncnc(Nc4ccc(Oc5ccc6c(c5)nnn6C)c(C)c4)c3n2)CC1. The molecule has 1 amide bonds. The van der Waals surface area contributed by atoms with E-state index < -0.39 is 0 Å². The third kappa shape index (κ3) is 5.00. The van der Waals surface area contributed by atoms with E-state index in [9.17, 15) is 4.79 Å². The average Bonchev–Trinajstić information content (AvgIpc) is 3.16. The maximum absolute atomic E-state index is 12.1. The van der Waals surface area contributed by atoms with Gasteiger partial charge in [0.05, 0.1) is 11.0 Å². The number of nitrogens with one attached hydrogen (secondary N) is 1. The number of fused-ring (bicyclic) bond motifs is 2. The molecule has 0 atom stereocenters. The molecular weight excluding hydrogens is 506 g/mol. The van der Waals surface area contributed by atoms with Gasteiger partial charge in [-0.15, -0.1) is 5.10 Å². The van der Waals surface area contributed by atoms with Gasteiger partial charge in [-0.3, -0.25) is 4.79 Å². The molecule has 1 N–H and O–H groups in total. The first-order valence-corrected chi connectivity index (χ1v) is 13.1. The van der Waals surface area contributed by atoms with E-state index in [0.29, 0.717) is 36.7 Å². The van der Waals surface area contributed by atoms with E-state index >= 15 is 0 Å². The van der Waals surface area contributed by atoms with Crippen molar-refractivity contribution in [3.8, 4) is 11.5 Å². The maximum atomic E-state index is 12.1. The van der Waals surface area contributed by atoms with Crippen LogP contribution in [0.4, 0.5) is 17.3 Å². The molecule has 2 aromatic carbocycles. The molecule has 1 aliphatic rings. The van der Waals surface area contributed by atoms with E-state index in [2.05, 4.69) is 37.1 Å². The lowest BCUT2D eigenvalue weighted by molar-refractivity contribution is -0.125. The average molecular weight is 536 g/mol. The summed E-state index contributed by atoms with van der Waals surface area (Å²) in [5.74, 6) is 2.85. The van der Waals surface area contributed by atoms with E-state index in [4.69, 9.17) is 9.72 Å². The van der Waals surface area contributed by atoms with Crippen molar-refractivity contribution in [3.63, 3.8) is 0 Å². The molecule has 0 saturated carbocycles. The molecule has 0 spiro atoms. The highest BCUT2D eigenvalue weighted by Crippen LogP contribution is 2.31. The summed E-state index contributed by atoms with van der Waals surface area (Å²) in [5, 5.41) is 11.6. The number of pyridine rings is 1. The summed E-state index contributed by atoms with van der Waals surface area (Å²) in [6.45, 7) is 8.44. The van der Waals surface area contributed by atoms with Crippen LogP contribution in [0.1, 0.15) is 12.0 Å². The summed E-state index contributed by atoms with van der Waals surface area (Å²) in [7, 11) is 1.86. The molecule has 0 unspecified atom stereocenters. The van der Waals surface area contributed by atoms with E-state index in [1.165, 1.54) is 12.4 Å². The highest BCUT2D eigenvalue weighted by atomic mass is 16.5. The fourth-order valence-corrected chi connectivity index (χ4v) is 4.88. The van der Waals surface area contributed by atoms with Crippen LogP contribution < -0.4 is 15.0 Å². The van der Waals surface area contributed by atoms with Gasteiger partial charge >= 0.3 is 0 Å². The predicted octanol–water partition coefficient (Wildman–Crippen LogP) is 4.38. The Kier molecular flexibility index (Phi) is 6.69. The lowest BCUT2D eigenvalue weighted by Gasteiger charge is -2.22. The van der Waals surface area contributed by atoms with Crippen LogP contribution in [-0.4, -0.2) is 66.9 Å². The standard InChI is InChI=1S/C29H29N9O2/c1-4-27(39)38-13-5-12-37(14-15-38)26-11-8-22-28(33-26)29(31-18-30-22)32-20-6-10-25(19(2)16-20)40-21-7-9-24-23(17-21)34-35-36(24)3/h4,6-11,16-18H,1,5,12-15H2,2-3H3,(H,30,31,32). The Morgan fingerprint density at radius 3 is 2.77 bits per heavy atom. The van der Waals surface area contributed by atoms with Crippen LogP contribution >= 0.6 is 0 Å². The number of benzene rings is 2. The predicted molar refractivity (Wildman–Crippen MR) is 154 cm³/mol. The molecule has 5 aromatic rings. The molecule has 11 nitrogen and oxygen atoms in total. The fraction of sp³-hybridized carbons (Fsp3) is 0.241. The number of rotatable bonds is 6. The Bertz CT molecular complexity index is 1730. The van der Waals surface area contributed by atoms with E-state index in [0.717, 1.165) is 52.3 Å². The van der Waals surface area contributed by atoms with Crippen molar-refractivity contribution in [2.24, 2.45) is 7.05 Å². The van der Waals surface area contributed by atoms with Crippen molar-refractivity contribution in [2.45, 2.75) is 13.3 Å². The Hall–Kier alpha value is -5.06. The number of aryl methyl sites for hydroxylation is 2. The minimum Gasteiger partial charge on any atom is -0.457 e. The van der Waals surface area contributed by atoms with Gasteiger partial charge in [-0.2, -0.15) is 0 Å². The van der Waals surface area contributed by atoms with Gasteiger partial charge in [-0.05, 0) is 67.4 Å². The highest BCUT2D eigenvalue weighted by molar-refractivity contribution is 5.88. The monoisotopic (exact) mass is 535 g/mol. The van der Waals surface area contributed by atoms with Crippen LogP contribution in [0, 0.1) is 6.92 Å². The van der Waals surface area contributed by atoms with Crippen LogP contribution in [0.15, 0.2) is 67.5 Å². The summed E-state index contributed by atoms with van der Waals surface area (Å²) >= 11 is 0. The Morgan fingerprint density at radius 2 is 1.93 bits per heavy atom. The quantitative estimate of drug-likeness (QED) is 0.317. The second-order valence-corrected chi connectivity index (χ2v) is 9.70. The van der Waals surface area contributed by atoms with Crippen LogP contribution in [-0.2, 0) is 11.8 Å². The first-order chi connectivity index (χ1) is 19.5. The van der Waals surface area contributed by atoms with Crippen molar-refractivity contribution < 1.29 is 9.53 Å². The molecule has 0 aliphatic carbocycles. The van der Waals surface area contributed by atoms with Crippen LogP contribution in [0.3, 0.4) is 0 Å². The number of hydrogen-bond acceptors (Lipinski definition) is 9. The number of amides is 1. The van der Waals surface area contributed by atoms with Gasteiger partial charge in [0.2, 0.25) is 5.91 Å².